The van der Waals surface area contributed by atoms with E-state index in [1.807, 2.05) is 0 Å². The Balaban J connectivity index is 2.86. The number of nitrogen functional groups attached to an aromatic ring is 1. The highest BCUT2D eigenvalue weighted by atomic mass is 79.9. The predicted molar refractivity (Wildman–Crippen MR) is 62.6 cm³/mol. The van der Waals surface area contributed by atoms with Crippen LogP contribution in [0.3, 0.4) is 0 Å². The van der Waals surface area contributed by atoms with Crippen LogP contribution in [0.15, 0.2) is 22.7 Å². The number of carbonyl (C=O) groups is 1. The lowest BCUT2D eigenvalue weighted by molar-refractivity contribution is 0.0923. The molecule has 0 heterocycles. The molecule has 1 atom stereocenters. The lowest BCUT2D eigenvalue weighted by atomic mass is 10.1. The number of anilines is 1. The highest BCUT2D eigenvalue weighted by Crippen LogP contribution is 2.18. The maximum Gasteiger partial charge on any atom is 0.253 e. The molecule has 0 unspecified atom stereocenters. The standard InChI is InChI=1S/C10H13BrN2O2/c1-6(5-14)13-10(15)8-4-7(11)2-3-9(8)12/h2-4,6,14H,5,12H2,1H3,(H,13,15)/t6-/m0/s1. The van der Waals surface area contributed by atoms with Gasteiger partial charge in [-0.25, -0.2) is 0 Å². The zero-order chi connectivity index (χ0) is 11.4. The number of carbonyl (C=O) groups excluding carboxylic acids is 1. The summed E-state index contributed by atoms with van der Waals surface area (Å²) in [6.45, 7) is 1.62. The lowest BCUT2D eigenvalue weighted by Gasteiger charge is -2.12. The highest BCUT2D eigenvalue weighted by Gasteiger charge is 2.12. The minimum absolute atomic E-state index is 0.0976. The molecule has 1 aromatic carbocycles. The fourth-order valence-corrected chi connectivity index (χ4v) is 1.43. The van der Waals surface area contributed by atoms with Crippen LogP contribution in [0.4, 0.5) is 5.69 Å². The molecule has 0 saturated heterocycles. The second-order valence-corrected chi connectivity index (χ2v) is 4.20. The van der Waals surface area contributed by atoms with Gasteiger partial charge >= 0.3 is 0 Å². The monoisotopic (exact) mass is 272 g/mol. The molecule has 0 radical (unpaired) electrons. The molecule has 0 spiro atoms. The second-order valence-electron chi connectivity index (χ2n) is 3.29. The first-order chi connectivity index (χ1) is 7.04. The number of aliphatic hydroxyl groups excluding tert-OH is 1. The fourth-order valence-electron chi connectivity index (χ4n) is 1.07. The van der Waals surface area contributed by atoms with Gasteiger partial charge in [0.25, 0.3) is 5.91 Å². The second kappa shape index (κ2) is 5.14. The normalized spacial score (nSPS) is 12.2. The summed E-state index contributed by atoms with van der Waals surface area (Å²) in [5.41, 5.74) is 6.49. The van der Waals surface area contributed by atoms with E-state index in [9.17, 15) is 4.79 Å². The summed E-state index contributed by atoms with van der Waals surface area (Å²) in [5.74, 6) is -0.282. The van der Waals surface area contributed by atoms with Crippen molar-refractivity contribution < 1.29 is 9.90 Å². The average molecular weight is 273 g/mol. The molecule has 15 heavy (non-hydrogen) atoms. The van der Waals surface area contributed by atoms with Crippen LogP contribution in [0.1, 0.15) is 17.3 Å². The summed E-state index contributed by atoms with van der Waals surface area (Å²) in [7, 11) is 0. The molecule has 0 fully saturated rings. The zero-order valence-electron chi connectivity index (χ0n) is 8.33. The molecule has 0 aromatic heterocycles. The summed E-state index contributed by atoms with van der Waals surface area (Å²) in [4.78, 5) is 11.7. The smallest absolute Gasteiger partial charge is 0.253 e. The van der Waals surface area contributed by atoms with E-state index in [0.717, 1.165) is 4.47 Å². The Kier molecular flexibility index (Phi) is 4.11. The molecule has 4 N–H and O–H groups in total. The molecular weight excluding hydrogens is 260 g/mol. The summed E-state index contributed by atoms with van der Waals surface area (Å²) in [5, 5.41) is 11.4. The number of aliphatic hydroxyl groups is 1. The molecule has 0 saturated carbocycles. The topological polar surface area (TPSA) is 75.3 Å². The van der Waals surface area contributed by atoms with E-state index in [0.29, 0.717) is 11.3 Å². The Morgan fingerprint density at radius 1 is 1.67 bits per heavy atom. The van der Waals surface area contributed by atoms with Gasteiger partial charge in [0.1, 0.15) is 0 Å². The third-order valence-electron chi connectivity index (χ3n) is 1.91. The van der Waals surface area contributed by atoms with Crippen LogP contribution in [-0.2, 0) is 0 Å². The van der Waals surface area contributed by atoms with Crippen LogP contribution >= 0.6 is 15.9 Å². The number of nitrogens with one attached hydrogen (secondary N) is 1. The largest absolute Gasteiger partial charge is 0.398 e. The van der Waals surface area contributed by atoms with Crippen molar-refractivity contribution in [3.63, 3.8) is 0 Å². The van der Waals surface area contributed by atoms with Gasteiger partial charge in [0, 0.05) is 16.2 Å². The Hall–Kier alpha value is -1.07. The van der Waals surface area contributed by atoms with Crippen molar-refractivity contribution >= 4 is 27.5 Å². The maximum atomic E-state index is 11.7. The summed E-state index contributed by atoms with van der Waals surface area (Å²) >= 11 is 3.26. The van der Waals surface area contributed by atoms with Gasteiger partial charge in [-0.1, -0.05) is 15.9 Å². The van der Waals surface area contributed by atoms with Crippen molar-refractivity contribution in [2.75, 3.05) is 12.3 Å². The van der Waals surface area contributed by atoms with Gasteiger partial charge in [-0.2, -0.15) is 0 Å². The summed E-state index contributed by atoms with van der Waals surface area (Å²) < 4.78 is 0.790. The van der Waals surface area contributed by atoms with Gasteiger partial charge in [-0.15, -0.1) is 0 Å². The van der Waals surface area contributed by atoms with E-state index >= 15 is 0 Å². The number of halogens is 1. The number of rotatable bonds is 3. The van der Waals surface area contributed by atoms with E-state index in [1.165, 1.54) is 0 Å². The van der Waals surface area contributed by atoms with E-state index < -0.39 is 0 Å². The first-order valence-electron chi connectivity index (χ1n) is 4.51. The van der Waals surface area contributed by atoms with E-state index in [2.05, 4.69) is 21.2 Å². The Morgan fingerprint density at radius 2 is 2.33 bits per heavy atom. The number of hydrogen-bond acceptors (Lipinski definition) is 3. The summed E-state index contributed by atoms with van der Waals surface area (Å²) in [6.07, 6.45) is 0. The first-order valence-corrected chi connectivity index (χ1v) is 5.30. The Morgan fingerprint density at radius 3 is 2.93 bits per heavy atom. The SMILES string of the molecule is C[C@@H](CO)NC(=O)c1cc(Br)ccc1N. The van der Waals surface area contributed by atoms with Crippen LogP contribution < -0.4 is 11.1 Å². The average Bonchev–Trinajstić information content (AvgIpc) is 2.21. The van der Waals surface area contributed by atoms with Crippen molar-refractivity contribution in [1.29, 1.82) is 0 Å². The van der Waals surface area contributed by atoms with Gasteiger partial charge in [-0.3, -0.25) is 4.79 Å². The molecule has 0 aliphatic rings. The van der Waals surface area contributed by atoms with Gasteiger partial charge in [0.2, 0.25) is 0 Å². The molecule has 82 valence electrons. The van der Waals surface area contributed by atoms with Crippen LogP contribution in [-0.4, -0.2) is 23.7 Å². The highest BCUT2D eigenvalue weighted by molar-refractivity contribution is 9.10. The molecule has 0 aliphatic heterocycles. The van der Waals surface area contributed by atoms with Crippen LogP contribution in [0.5, 0.6) is 0 Å². The van der Waals surface area contributed by atoms with Gasteiger partial charge in [-0.05, 0) is 25.1 Å². The molecule has 0 bridgehead atoms. The lowest BCUT2D eigenvalue weighted by Crippen LogP contribution is -2.35. The number of benzene rings is 1. The minimum atomic E-state index is -0.282. The number of nitrogens with two attached hydrogens (primary N) is 1. The minimum Gasteiger partial charge on any atom is -0.398 e. The molecule has 1 aromatic rings. The molecule has 4 nitrogen and oxygen atoms in total. The van der Waals surface area contributed by atoms with Crippen molar-refractivity contribution in [2.24, 2.45) is 0 Å². The first kappa shape index (κ1) is 12.0. The van der Waals surface area contributed by atoms with Crippen molar-refractivity contribution in [1.82, 2.24) is 5.32 Å². The zero-order valence-corrected chi connectivity index (χ0v) is 9.91. The van der Waals surface area contributed by atoms with Gasteiger partial charge in [0.15, 0.2) is 0 Å². The van der Waals surface area contributed by atoms with E-state index in [4.69, 9.17) is 10.8 Å². The molecule has 1 rings (SSSR count). The number of hydrogen-bond donors (Lipinski definition) is 3. The van der Waals surface area contributed by atoms with E-state index in [-0.39, 0.29) is 18.6 Å². The fraction of sp³-hybridized carbons (Fsp3) is 0.300. The van der Waals surface area contributed by atoms with Crippen LogP contribution in [0, 0.1) is 0 Å². The number of amides is 1. The van der Waals surface area contributed by atoms with Crippen molar-refractivity contribution in [3.8, 4) is 0 Å². The van der Waals surface area contributed by atoms with Crippen molar-refractivity contribution in [3.05, 3.63) is 28.2 Å². The molecular formula is C10H13BrN2O2. The third kappa shape index (κ3) is 3.21. The molecule has 5 heteroatoms. The summed E-state index contributed by atoms with van der Waals surface area (Å²) in [6, 6.07) is 4.79. The Labute approximate surface area is 96.6 Å². The van der Waals surface area contributed by atoms with Gasteiger partial charge < -0.3 is 16.2 Å². The van der Waals surface area contributed by atoms with Crippen LogP contribution in [0.2, 0.25) is 0 Å². The third-order valence-corrected chi connectivity index (χ3v) is 2.40. The van der Waals surface area contributed by atoms with Crippen molar-refractivity contribution in [2.45, 2.75) is 13.0 Å². The predicted octanol–water partition coefficient (Wildman–Crippen LogP) is 1.14. The van der Waals surface area contributed by atoms with Gasteiger partial charge in [0.05, 0.1) is 12.2 Å². The van der Waals surface area contributed by atoms with E-state index in [1.54, 1.807) is 25.1 Å². The van der Waals surface area contributed by atoms with Crippen LogP contribution in [0.25, 0.3) is 0 Å². The molecule has 1 amide bonds. The maximum absolute atomic E-state index is 11.7. The quantitative estimate of drug-likeness (QED) is 0.723. The Bertz CT molecular complexity index is 368. The molecule has 0 aliphatic carbocycles.